The topological polar surface area (TPSA) is 29.3 Å². The van der Waals surface area contributed by atoms with Crippen LogP contribution in [-0.2, 0) is 10.3 Å². The van der Waals surface area contributed by atoms with Crippen molar-refractivity contribution in [2.45, 2.75) is 24.5 Å². The van der Waals surface area contributed by atoms with E-state index in [0.717, 1.165) is 24.1 Å². The van der Waals surface area contributed by atoms with Gasteiger partial charge in [-0.3, -0.25) is 4.90 Å². The quantitative estimate of drug-likeness (QED) is 0.804. The highest BCUT2D eigenvalue weighted by atomic mass is 16.6. The van der Waals surface area contributed by atoms with Crippen LogP contribution < -0.4 is 0 Å². The predicted molar refractivity (Wildman–Crippen MR) is 79.9 cm³/mol. The van der Waals surface area contributed by atoms with Crippen LogP contribution in [0, 0.1) is 0 Å². The van der Waals surface area contributed by atoms with Crippen molar-refractivity contribution >= 4 is 6.09 Å². The molecule has 0 aromatic heterocycles. The minimum Gasteiger partial charge on any atom is -0.430 e. The summed E-state index contributed by atoms with van der Waals surface area (Å²) in [5, 5.41) is 0. The van der Waals surface area contributed by atoms with Gasteiger partial charge in [-0.15, -0.1) is 0 Å². The van der Waals surface area contributed by atoms with Crippen LogP contribution in [0.2, 0.25) is 0 Å². The first-order valence-corrected chi connectivity index (χ1v) is 7.36. The average Bonchev–Trinajstić information content (AvgIpc) is 3.25. The lowest BCUT2D eigenvalue weighted by Crippen LogP contribution is -2.43. The fourth-order valence-corrected chi connectivity index (χ4v) is 3.77. The van der Waals surface area contributed by atoms with Crippen molar-refractivity contribution in [3.8, 4) is 0 Å². The zero-order chi connectivity index (χ0) is 14.5. The highest BCUT2D eigenvalue weighted by Crippen LogP contribution is 2.60. The fraction of sp³-hybridized carbons (Fsp3) is 0.278. The Balaban J connectivity index is 1.99. The molecule has 2 aromatic rings. The van der Waals surface area contributed by atoms with E-state index < -0.39 is 5.60 Å². The second kappa shape index (κ2) is 4.10. The van der Waals surface area contributed by atoms with Gasteiger partial charge in [-0.1, -0.05) is 67.6 Å². The van der Waals surface area contributed by atoms with Crippen LogP contribution in [0.5, 0.6) is 0 Å². The lowest BCUT2D eigenvalue weighted by atomic mass is 9.74. The number of hydrogen-bond acceptors (Lipinski definition) is 2. The summed E-state index contributed by atoms with van der Waals surface area (Å²) in [6.07, 6.45) is 0.673. The molecule has 21 heavy (non-hydrogen) atoms. The molecule has 1 atom stereocenters. The van der Waals surface area contributed by atoms with Gasteiger partial charge in [0.1, 0.15) is 5.54 Å². The van der Waals surface area contributed by atoms with Gasteiger partial charge in [-0.05, 0) is 6.42 Å². The monoisotopic (exact) mass is 279 g/mol. The number of fused-ring (bicyclic) bond motifs is 1. The van der Waals surface area contributed by atoms with E-state index >= 15 is 0 Å². The van der Waals surface area contributed by atoms with Crippen LogP contribution in [0.4, 0.5) is 4.79 Å². The Morgan fingerprint density at radius 1 is 1.00 bits per heavy atom. The lowest BCUT2D eigenvalue weighted by Gasteiger charge is -2.35. The Morgan fingerprint density at radius 3 is 1.95 bits per heavy atom. The molecular weight excluding hydrogens is 262 g/mol. The predicted octanol–water partition coefficient (Wildman–Crippen LogP) is 3.54. The molecule has 2 fully saturated rings. The third-order valence-electron chi connectivity index (χ3n) is 4.89. The van der Waals surface area contributed by atoms with Gasteiger partial charge in [0.05, 0.1) is 6.54 Å². The first-order valence-electron chi connectivity index (χ1n) is 7.36. The van der Waals surface area contributed by atoms with E-state index in [4.69, 9.17) is 4.74 Å². The second-order valence-corrected chi connectivity index (χ2v) is 5.75. The molecule has 0 radical (unpaired) electrons. The van der Waals surface area contributed by atoms with Crippen LogP contribution >= 0.6 is 0 Å². The van der Waals surface area contributed by atoms with Crippen LogP contribution in [-0.4, -0.2) is 23.1 Å². The van der Waals surface area contributed by atoms with E-state index in [2.05, 4.69) is 31.2 Å². The Morgan fingerprint density at radius 2 is 1.52 bits per heavy atom. The average molecular weight is 279 g/mol. The number of carbonyl (C=O) groups is 1. The Bertz CT molecular complexity index is 643. The highest BCUT2D eigenvalue weighted by Gasteiger charge is 2.75. The minimum absolute atomic E-state index is 0.204. The first kappa shape index (κ1) is 12.5. The molecule has 2 aromatic carbocycles. The molecule has 0 spiro atoms. The van der Waals surface area contributed by atoms with Gasteiger partial charge in [-0.2, -0.15) is 0 Å². The van der Waals surface area contributed by atoms with Crippen molar-refractivity contribution in [1.29, 1.82) is 0 Å². The van der Waals surface area contributed by atoms with E-state index in [9.17, 15) is 4.79 Å². The molecule has 106 valence electrons. The van der Waals surface area contributed by atoms with Gasteiger partial charge < -0.3 is 4.74 Å². The fourth-order valence-electron chi connectivity index (χ4n) is 3.77. The van der Waals surface area contributed by atoms with E-state index in [1.807, 2.05) is 41.3 Å². The smallest absolute Gasteiger partial charge is 0.411 e. The van der Waals surface area contributed by atoms with Crippen molar-refractivity contribution in [1.82, 2.24) is 4.90 Å². The van der Waals surface area contributed by atoms with Crippen LogP contribution in [0.15, 0.2) is 60.7 Å². The van der Waals surface area contributed by atoms with Crippen molar-refractivity contribution in [3.05, 3.63) is 71.8 Å². The third kappa shape index (κ3) is 1.41. The third-order valence-corrected chi connectivity index (χ3v) is 4.89. The molecule has 0 bridgehead atoms. The summed E-state index contributed by atoms with van der Waals surface area (Å²) in [5.74, 6) is 0. The molecule has 2 saturated heterocycles. The number of rotatable bonds is 3. The molecule has 2 aliphatic rings. The van der Waals surface area contributed by atoms with Crippen molar-refractivity contribution in [2.75, 3.05) is 6.54 Å². The SMILES string of the molecule is CCC12CN1C(=O)OC2(c1ccccc1)c1ccccc1. The molecule has 2 heterocycles. The van der Waals surface area contributed by atoms with Gasteiger partial charge in [0.15, 0.2) is 5.60 Å². The van der Waals surface area contributed by atoms with Gasteiger partial charge in [0, 0.05) is 11.1 Å². The summed E-state index contributed by atoms with van der Waals surface area (Å²) in [5.41, 5.74) is 1.16. The summed E-state index contributed by atoms with van der Waals surface area (Å²) < 4.78 is 5.96. The van der Waals surface area contributed by atoms with Crippen molar-refractivity contribution in [2.24, 2.45) is 0 Å². The standard InChI is InChI=1S/C18H17NO2/c1-2-17-13-19(17)16(20)21-18(17,14-9-5-3-6-10-14)15-11-7-4-8-12-15/h3-12H,2,13H2,1H3. The largest absolute Gasteiger partial charge is 0.430 e. The molecule has 0 N–H and O–H groups in total. The van der Waals surface area contributed by atoms with Gasteiger partial charge in [0.2, 0.25) is 0 Å². The number of cyclic esters (lactones) is 1. The number of carbonyl (C=O) groups excluding carboxylic acids is 1. The number of amides is 1. The molecule has 0 aliphatic carbocycles. The maximum atomic E-state index is 12.2. The Kier molecular flexibility index (Phi) is 2.43. The molecular formula is C18H17NO2. The maximum Gasteiger partial charge on any atom is 0.411 e. The first-order chi connectivity index (χ1) is 10.2. The normalized spacial score (nSPS) is 25.4. The number of benzene rings is 2. The summed E-state index contributed by atoms with van der Waals surface area (Å²) >= 11 is 0. The molecule has 3 nitrogen and oxygen atoms in total. The molecule has 1 amide bonds. The van der Waals surface area contributed by atoms with E-state index in [1.165, 1.54) is 0 Å². The van der Waals surface area contributed by atoms with Crippen LogP contribution in [0.1, 0.15) is 24.5 Å². The zero-order valence-corrected chi connectivity index (χ0v) is 12.0. The van der Waals surface area contributed by atoms with Gasteiger partial charge in [0.25, 0.3) is 0 Å². The second-order valence-electron chi connectivity index (χ2n) is 5.75. The molecule has 2 aliphatic heterocycles. The van der Waals surface area contributed by atoms with Crippen LogP contribution in [0.3, 0.4) is 0 Å². The molecule has 3 heteroatoms. The number of nitrogens with zero attached hydrogens (tertiary/aromatic N) is 1. The maximum absolute atomic E-state index is 12.2. The van der Waals surface area contributed by atoms with E-state index in [-0.39, 0.29) is 11.6 Å². The van der Waals surface area contributed by atoms with Crippen LogP contribution in [0.25, 0.3) is 0 Å². The minimum atomic E-state index is -0.693. The van der Waals surface area contributed by atoms with Gasteiger partial charge in [-0.25, -0.2) is 4.79 Å². The number of ether oxygens (including phenoxy) is 1. The summed E-state index contributed by atoms with van der Waals surface area (Å²) in [7, 11) is 0. The van der Waals surface area contributed by atoms with E-state index in [1.54, 1.807) is 0 Å². The highest BCUT2D eigenvalue weighted by molar-refractivity contribution is 5.80. The van der Waals surface area contributed by atoms with Gasteiger partial charge >= 0.3 is 6.09 Å². The Labute approximate surface area is 124 Å². The lowest BCUT2D eigenvalue weighted by molar-refractivity contribution is 0.0458. The summed E-state index contributed by atoms with van der Waals surface area (Å²) in [6.45, 7) is 2.90. The van der Waals surface area contributed by atoms with Crippen molar-refractivity contribution in [3.63, 3.8) is 0 Å². The zero-order valence-electron chi connectivity index (χ0n) is 12.0. The van der Waals surface area contributed by atoms with E-state index in [0.29, 0.717) is 0 Å². The number of hydrogen-bond donors (Lipinski definition) is 0. The Hall–Kier alpha value is -2.29. The molecule has 4 rings (SSSR count). The molecule has 0 saturated carbocycles. The summed E-state index contributed by atoms with van der Waals surface area (Å²) in [6, 6.07) is 20.2. The molecule has 1 unspecified atom stereocenters. The summed E-state index contributed by atoms with van der Waals surface area (Å²) in [4.78, 5) is 14.1. The van der Waals surface area contributed by atoms with Crippen molar-refractivity contribution < 1.29 is 9.53 Å².